The van der Waals surface area contributed by atoms with Crippen molar-refractivity contribution < 1.29 is 9.18 Å². The van der Waals surface area contributed by atoms with Crippen LogP contribution in [0.2, 0.25) is 0 Å². The lowest BCUT2D eigenvalue weighted by molar-refractivity contribution is 0.0908. The van der Waals surface area contributed by atoms with Gasteiger partial charge in [0.05, 0.1) is 5.56 Å². The van der Waals surface area contributed by atoms with Crippen LogP contribution in [-0.2, 0) is 6.54 Å². The second-order valence-electron chi connectivity index (χ2n) is 8.11. The first-order chi connectivity index (χ1) is 14.5. The van der Waals surface area contributed by atoms with Gasteiger partial charge in [-0.25, -0.2) is 4.39 Å². The quantitative estimate of drug-likeness (QED) is 0.672. The summed E-state index contributed by atoms with van der Waals surface area (Å²) in [4.78, 5) is 15.4. The first-order valence-electron chi connectivity index (χ1n) is 10.5. The normalized spacial score (nSPS) is 15.3. The summed E-state index contributed by atoms with van der Waals surface area (Å²) in [7, 11) is 0. The molecule has 0 saturated carbocycles. The molecule has 2 aromatic carbocycles. The number of likely N-dealkylation sites (tertiary alicyclic amines) is 1. The molecule has 0 aliphatic carbocycles. The molecule has 1 fully saturated rings. The van der Waals surface area contributed by atoms with Gasteiger partial charge in [-0.3, -0.25) is 9.69 Å². The van der Waals surface area contributed by atoms with Crippen molar-refractivity contribution in [3.8, 4) is 5.69 Å². The van der Waals surface area contributed by atoms with Crippen molar-refractivity contribution in [1.82, 2.24) is 14.8 Å². The van der Waals surface area contributed by atoms with Crippen LogP contribution in [0, 0.1) is 19.7 Å². The molecule has 1 amide bonds. The summed E-state index contributed by atoms with van der Waals surface area (Å²) < 4.78 is 15.3. The van der Waals surface area contributed by atoms with E-state index in [1.807, 2.05) is 30.5 Å². The van der Waals surface area contributed by atoms with Crippen molar-refractivity contribution >= 4 is 5.91 Å². The Morgan fingerprint density at radius 2 is 1.70 bits per heavy atom. The van der Waals surface area contributed by atoms with Gasteiger partial charge >= 0.3 is 0 Å². The summed E-state index contributed by atoms with van der Waals surface area (Å²) in [6.45, 7) is 6.83. The van der Waals surface area contributed by atoms with Gasteiger partial charge in [-0.1, -0.05) is 30.3 Å². The third-order valence-corrected chi connectivity index (χ3v) is 5.93. The van der Waals surface area contributed by atoms with Crippen LogP contribution in [-0.4, -0.2) is 34.5 Å². The van der Waals surface area contributed by atoms with Gasteiger partial charge in [0.15, 0.2) is 0 Å². The number of halogens is 1. The van der Waals surface area contributed by atoms with Crippen molar-refractivity contribution in [3.05, 3.63) is 89.0 Å². The molecule has 3 aromatic rings. The number of carbonyl (C=O) groups is 1. The van der Waals surface area contributed by atoms with Crippen LogP contribution in [0.3, 0.4) is 0 Å². The van der Waals surface area contributed by atoms with Crippen molar-refractivity contribution in [2.24, 2.45) is 0 Å². The Balaban J connectivity index is 1.38. The van der Waals surface area contributed by atoms with E-state index in [4.69, 9.17) is 0 Å². The van der Waals surface area contributed by atoms with Gasteiger partial charge in [0.2, 0.25) is 0 Å². The highest BCUT2D eigenvalue weighted by Crippen LogP contribution is 2.22. The molecule has 30 heavy (non-hydrogen) atoms. The zero-order chi connectivity index (χ0) is 21.1. The zero-order valence-electron chi connectivity index (χ0n) is 17.6. The summed E-state index contributed by atoms with van der Waals surface area (Å²) in [6, 6.07) is 19.0. The largest absolute Gasteiger partial charge is 0.349 e. The summed E-state index contributed by atoms with van der Waals surface area (Å²) in [6.07, 6.45) is 1.91. The minimum absolute atomic E-state index is 0.0297. The molecular formula is C25H28FN3O. The summed E-state index contributed by atoms with van der Waals surface area (Å²) >= 11 is 0. The van der Waals surface area contributed by atoms with Crippen LogP contribution < -0.4 is 5.32 Å². The van der Waals surface area contributed by atoms with Gasteiger partial charge < -0.3 is 9.88 Å². The lowest BCUT2D eigenvalue weighted by Crippen LogP contribution is -2.44. The molecule has 4 nitrogen and oxygen atoms in total. The van der Waals surface area contributed by atoms with Gasteiger partial charge in [-0.05, 0) is 62.6 Å². The number of rotatable bonds is 5. The number of aryl methyl sites for hydroxylation is 1. The fraction of sp³-hybridized carbons (Fsp3) is 0.320. The standard InChI is InChI=1S/C25H28FN3O/c1-18-16-24(19(2)29(18)23-10-8-21(26)9-11-23)25(30)27-22-12-14-28(15-13-22)17-20-6-4-3-5-7-20/h3-11,16,22H,12-15,17H2,1-2H3,(H,27,30). The predicted molar refractivity (Wildman–Crippen MR) is 117 cm³/mol. The Kier molecular flexibility index (Phi) is 6.00. The van der Waals surface area contributed by atoms with E-state index in [2.05, 4.69) is 34.5 Å². The van der Waals surface area contributed by atoms with Crippen LogP contribution >= 0.6 is 0 Å². The van der Waals surface area contributed by atoms with Gasteiger partial charge in [-0.2, -0.15) is 0 Å². The smallest absolute Gasteiger partial charge is 0.253 e. The first kappa shape index (κ1) is 20.4. The number of amides is 1. The highest BCUT2D eigenvalue weighted by molar-refractivity contribution is 5.96. The first-order valence-corrected chi connectivity index (χ1v) is 10.5. The fourth-order valence-corrected chi connectivity index (χ4v) is 4.32. The molecule has 4 rings (SSSR count). The van der Waals surface area contributed by atoms with E-state index in [9.17, 15) is 9.18 Å². The van der Waals surface area contributed by atoms with Crippen LogP contribution in [0.25, 0.3) is 5.69 Å². The molecule has 0 radical (unpaired) electrons. The zero-order valence-corrected chi connectivity index (χ0v) is 17.6. The van der Waals surface area contributed by atoms with E-state index in [-0.39, 0.29) is 17.8 Å². The number of benzene rings is 2. The molecular weight excluding hydrogens is 377 g/mol. The summed E-state index contributed by atoms with van der Waals surface area (Å²) in [5.41, 5.74) is 4.71. The maximum Gasteiger partial charge on any atom is 0.253 e. The molecule has 1 N–H and O–H groups in total. The Hall–Kier alpha value is -2.92. The van der Waals surface area contributed by atoms with Crippen molar-refractivity contribution in [2.75, 3.05) is 13.1 Å². The molecule has 1 saturated heterocycles. The minimum atomic E-state index is -0.266. The van der Waals surface area contributed by atoms with Gasteiger partial charge in [0, 0.05) is 42.8 Å². The number of aromatic nitrogens is 1. The second kappa shape index (κ2) is 8.84. The Morgan fingerprint density at radius 1 is 1.03 bits per heavy atom. The van der Waals surface area contributed by atoms with Gasteiger partial charge in [0.25, 0.3) is 5.91 Å². The predicted octanol–water partition coefficient (Wildman–Crippen LogP) is 4.63. The third kappa shape index (κ3) is 4.46. The average molecular weight is 406 g/mol. The van der Waals surface area contributed by atoms with Crippen LogP contribution in [0.4, 0.5) is 4.39 Å². The molecule has 5 heteroatoms. The fourth-order valence-electron chi connectivity index (χ4n) is 4.32. The number of nitrogens with zero attached hydrogens (tertiary/aromatic N) is 2. The van der Waals surface area contributed by atoms with E-state index < -0.39 is 0 Å². The topological polar surface area (TPSA) is 37.3 Å². The second-order valence-corrected chi connectivity index (χ2v) is 8.11. The number of hydrogen-bond donors (Lipinski definition) is 1. The lowest BCUT2D eigenvalue weighted by atomic mass is 10.0. The molecule has 0 bridgehead atoms. The minimum Gasteiger partial charge on any atom is -0.349 e. The average Bonchev–Trinajstić information content (AvgIpc) is 3.05. The SMILES string of the molecule is Cc1cc(C(=O)NC2CCN(Cc3ccccc3)CC2)c(C)n1-c1ccc(F)cc1. The maximum atomic E-state index is 13.3. The summed E-state index contributed by atoms with van der Waals surface area (Å²) in [5, 5.41) is 3.22. The number of carbonyl (C=O) groups excluding carboxylic acids is 1. The molecule has 0 spiro atoms. The van der Waals surface area contributed by atoms with Crippen molar-refractivity contribution in [2.45, 2.75) is 39.3 Å². The molecule has 2 heterocycles. The molecule has 156 valence electrons. The monoisotopic (exact) mass is 405 g/mol. The molecule has 0 atom stereocenters. The van der Waals surface area contributed by atoms with E-state index in [1.54, 1.807) is 12.1 Å². The van der Waals surface area contributed by atoms with E-state index in [1.165, 1.54) is 17.7 Å². The Bertz CT molecular complexity index is 1000. The Labute approximate surface area is 177 Å². The van der Waals surface area contributed by atoms with Gasteiger partial charge in [-0.15, -0.1) is 0 Å². The number of nitrogens with one attached hydrogen (secondary N) is 1. The van der Waals surface area contributed by atoms with Crippen molar-refractivity contribution in [3.63, 3.8) is 0 Å². The highest BCUT2D eigenvalue weighted by Gasteiger charge is 2.23. The van der Waals surface area contributed by atoms with E-state index >= 15 is 0 Å². The van der Waals surface area contributed by atoms with Crippen LogP contribution in [0.1, 0.15) is 40.2 Å². The molecule has 1 aromatic heterocycles. The van der Waals surface area contributed by atoms with E-state index in [0.717, 1.165) is 49.6 Å². The molecule has 0 unspecified atom stereocenters. The van der Waals surface area contributed by atoms with E-state index in [0.29, 0.717) is 5.56 Å². The van der Waals surface area contributed by atoms with Crippen LogP contribution in [0.15, 0.2) is 60.7 Å². The maximum absolute atomic E-state index is 13.3. The van der Waals surface area contributed by atoms with Crippen molar-refractivity contribution in [1.29, 1.82) is 0 Å². The Morgan fingerprint density at radius 3 is 2.37 bits per heavy atom. The highest BCUT2D eigenvalue weighted by atomic mass is 19.1. The van der Waals surface area contributed by atoms with Crippen LogP contribution in [0.5, 0.6) is 0 Å². The third-order valence-electron chi connectivity index (χ3n) is 5.93. The lowest BCUT2D eigenvalue weighted by Gasteiger charge is -2.32. The molecule has 1 aliphatic rings. The summed E-state index contributed by atoms with van der Waals surface area (Å²) in [5.74, 6) is -0.296. The van der Waals surface area contributed by atoms with Gasteiger partial charge in [0.1, 0.15) is 5.82 Å². The number of hydrogen-bond acceptors (Lipinski definition) is 2. The number of piperidine rings is 1. The molecule has 1 aliphatic heterocycles.